The van der Waals surface area contributed by atoms with Crippen molar-refractivity contribution in [2.24, 2.45) is 18.7 Å². The monoisotopic (exact) mass is 1010 g/mol. The van der Waals surface area contributed by atoms with E-state index in [9.17, 15) is 19.5 Å². The number of aliphatic hydroxyl groups excluding tert-OH is 1. The highest BCUT2D eigenvalue weighted by atomic mass is 35.5. The Morgan fingerprint density at radius 1 is 0.931 bits per heavy atom. The molecule has 0 bridgehead atoms. The zero-order valence-electron chi connectivity index (χ0n) is 41.0. The fourth-order valence-corrected chi connectivity index (χ4v) is 12.6. The van der Waals surface area contributed by atoms with E-state index < -0.39 is 35.1 Å². The predicted molar refractivity (Wildman–Crippen MR) is 273 cm³/mol. The van der Waals surface area contributed by atoms with Crippen LogP contribution in [0.4, 0.5) is 19.4 Å². The molecule has 72 heavy (non-hydrogen) atoms. The maximum Gasteiger partial charge on any atom is 0.329 e. The zero-order chi connectivity index (χ0) is 50.3. The average molecular weight is 1010 g/mol. The van der Waals surface area contributed by atoms with Gasteiger partial charge in [-0.2, -0.15) is 5.10 Å². The number of benzene rings is 4. The van der Waals surface area contributed by atoms with E-state index in [0.717, 1.165) is 74.6 Å². The number of ether oxygens (including phenoxy) is 2. The van der Waals surface area contributed by atoms with Gasteiger partial charge in [-0.25, -0.2) is 13.6 Å². The Morgan fingerprint density at radius 3 is 2.33 bits per heavy atom. The lowest BCUT2D eigenvalue weighted by Gasteiger charge is -2.39. The van der Waals surface area contributed by atoms with Crippen molar-refractivity contribution in [1.82, 2.24) is 30.6 Å². The number of carbonyl (C=O) groups is 3. The predicted octanol–water partition coefficient (Wildman–Crippen LogP) is 8.41. The van der Waals surface area contributed by atoms with Crippen LogP contribution in [0.3, 0.4) is 0 Å². The zero-order valence-corrected chi connectivity index (χ0v) is 41.8. The summed E-state index contributed by atoms with van der Waals surface area (Å²) in [7, 11) is 1.91. The molecule has 4 heterocycles. The number of amides is 4. The quantitative estimate of drug-likeness (QED) is 0.0685. The molecule has 14 nitrogen and oxygen atoms in total. The van der Waals surface area contributed by atoms with Gasteiger partial charge >= 0.3 is 6.03 Å². The topological polar surface area (TPSA) is 176 Å². The van der Waals surface area contributed by atoms with Crippen LogP contribution in [0.5, 0.6) is 11.5 Å². The fourth-order valence-electron chi connectivity index (χ4n) is 12.4. The number of nitrogens with zero attached hydrogens (tertiary/aromatic N) is 4. The highest BCUT2D eigenvalue weighted by Gasteiger charge is 2.50. The second kappa shape index (κ2) is 21.1. The number of piperidine rings is 1. The van der Waals surface area contributed by atoms with Gasteiger partial charge in [-0.1, -0.05) is 54.9 Å². The number of nitrogens with one attached hydrogen (secondary N) is 3. The van der Waals surface area contributed by atoms with E-state index in [-0.39, 0.29) is 64.8 Å². The van der Waals surface area contributed by atoms with Gasteiger partial charge in [0.25, 0.3) is 0 Å². The van der Waals surface area contributed by atoms with Crippen LogP contribution in [0.1, 0.15) is 116 Å². The molecular formula is C55H65ClF2N8O6. The molecule has 5 aromatic rings. The second-order valence-corrected chi connectivity index (χ2v) is 21.0. The summed E-state index contributed by atoms with van der Waals surface area (Å²) in [6, 6.07) is 20.8. The van der Waals surface area contributed by atoms with Gasteiger partial charge in [0, 0.05) is 85.3 Å². The number of nitrogens with two attached hydrogens (primary N) is 1. The molecule has 0 unspecified atom stereocenters. The molecule has 0 radical (unpaired) electrons. The van der Waals surface area contributed by atoms with Crippen LogP contribution < -0.4 is 36.1 Å². The van der Waals surface area contributed by atoms with E-state index in [1.54, 1.807) is 4.90 Å². The molecule has 2 saturated carbocycles. The second-order valence-electron chi connectivity index (χ2n) is 20.6. The summed E-state index contributed by atoms with van der Waals surface area (Å²) < 4.78 is 46.5. The van der Waals surface area contributed by atoms with Crippen molar-refractivity contribution >= 4 is 46.2 Å². The first-order chi connectivity index (χ1) is 34.8. The number of fused-ring (bicyclic) bond motifs is 2. The van der Waals surface area contributed by atoms with E-state index in [2.05, 4.69) is 44.1 Å². The van der Waals surface area contributed by atoms with E-state index in [4.69, 9.17) is 26.8 Å². The first-order valence-corrected chi connectivity index (χ1v) is 26.1. The van der Waals surface area contributed by atoms with Gasteiger partial charge in [0.05, 0.1) is 22.7 Å². The molecule has 17 heteroatoms. The number of likely N-dealkylation sites (tertiary alicyclic amines) is 1. The van der Waals surface area contributed by atoms with E-state index in [0.29, 0.717) is 48.4 Å². The molecule has 1 aromatic heterocycles. The summed E-state index contributed by atoms with van der Waals surface area (Å²) in [4.78, 5) is 41.3. The van der Waals surface area contributed by atoms with Crippen LogP contribution in [0.15, 0.2) is 66.7 Å². The third-order valence-electron chi connectivity index (χ3n) is 16.3. The van der Waals surface area contributed by atoms with Crippen molar-refractivity contribution in [2.45, 2.75) is 113 Å². The third-order valence-corrected chi connectivity index (χ3v) is 16.7. The lowest BCUT2D eigenvalue weighted by atomic mass is 9.77. The highest BCUT2D eigenvalue weighted by molar-refractivity contribution is 6.34. The Kier molecular flexibility index (Phi) is 14.6. The Hall–Kier alpha value is -5.65. The molecule has 382 valence electrons. The number of hydrogen-bond acceptors (Lipinski definition) is 10. The lowest BCUT2D eigenvalue weighted by Crippen LogP contribution is -2.50. The largest absolute Gasteiger partial charge is 0.488 e. The molecule has 6 N–H and O–H groups in total. The lowest BCUT2D eigenvalue weighted by molar-refractivity contribution is -0.120. The van der Waals surface area contributed by atoms with Crippen LogP contribution in [0.25, 0.3) is 22.0 Å². The number of anilines is 1. The number of aliphatic hydroxyl groups is 1. The van der Waals surface area contributed by atoms with Crippen LogP contribution in [0, 0.1) is 17.6 Å². The first kappa shape index (κ1) is 49.9. The Labute approximate surface area is 423 Å². The van der Waals surface area contributed by atoms with Gasteiger partial charge in [-0.05, 0) is 125 Å². The minimum Gasteiger partial charge on any atom is -0.488 e. The van der Waals surface area contributed by atoms with Crippen LogP contribution in [-0.2, 0) is 17.4 Å². The number of aryl methyl sites for hydroxylation is 1. The molecule has 2 aliphatic carbocycles. The smallest absolute Gasteiger partial charge is 0.329 e. The average Bonchev–Trinajstić information content (AvgIpc) is 3.86. The fraction of sp³-hybridized carbons (Fsp3) is 0.491. The number of carbonyl (C=O) groups excluding carboxylic acids is 3. The van der Waals surface area contributed by atoms with E-state index in [1.807, 2.05) is 49.0 Å². The van der Waals surface area contributed by atoms with Gasteiger partial charge in [0.2, 0.25) is 11.8 Å². The molecule has 4 aromatic carbocycles. The van der Waals surface area contributed by atoms with Gasteiger partial charge in [-0.3, -0.25) is 24.5 Å². The van der Waals surface area contributed by atoms with Crippen molar-refractivity contribution in [3.63, 3.8) is 0 Å². The first-order valence-electron chi connectivity index (χ1n) is 25.7. The van der Waals surface area contributed by atoms with E-state index in [1.165, 1.54) is 49.4 Å². The number of primary amides is 1. The minimum absolute atomic E-state index is 0.0142. The van der Waals surface area contributed by atoms with Gasteiger partial charge in [0.1, 0.15) is 18.2 Å². The summed E-state index contributed by atoms with van der Waals surface area (Å²) in [6.07, 6.45) is 11.4. The van der Waals surface area contributed by atoms with Crippen molar-refractivity contribution in [1.29, 1.82) is 0 Å². The number of urea groups is 1. The summed E-state index contributed by atoms with van der Waals surface area (Å²) in [5, 5.41) is 24.9. The molecule has 2 saturated heterocycles. The van der Waals surface area contributed by atoms with Crippen LogP contribution >= 0.6 is 11.6 Å². The van der Waals surface area contributed by atoms with Crippen LogP contribution in [0.2, 0.25) is 5.02 Å². The molecule has 5 aliphatic rings. The van der Waals surface area contributed by atoms with Gasteiger partial charge in [0.15, 0.2) is 23.0 Å². The number of hydrogen-bond donors (Lipinski definition) is 5. The summed E-state index contributed by atoms with van der Waals surface area (Å²) in [6.45, 7) is 5.43. The van der Waals surface area contributed by atoms with Crippen molar-refractivity contribution < 1.29 is 37.7 Å². The number of aromatic nitrogens is 2. The highest BCUT2D eigenvalue weighted by Crippen LogP contribution is 2.56. The van der Waals surface area contributed by atoms with Gasteiger partial charge in [-0.15, -0.1) is 0 Å². The van der Waals surface area contributed by atoms with Gasteiger partial charge < -0.3 is 35.8 Å². The Morgan fingerprint density at radius 2 is 1.64 bits per heavy atom. The van der Waals surface area contributed by atoms with Crippen molar-refractivity contribution in [2.75, 3.05) is 50.8 Å². The SMILES string of the molecule is C[C@H]1c2c(cc(F)c(Cl)c2-c2c(C(N)=O)ccc(OCCO)c2F)O[C@]1(CNC1CCC(NC2CCC(CN3CCC(c4ccc5c(N6CCC(=O)NC6=O)nn(C)c5c4)CC3)CC2)CC1)c1ccccc1. The molecule has 4 amide bonds. The molecule has 3 aliphatic heterocycles. The maximum atomic E-state index is 16.5. The third kappa shape index (κ3) is 9.80. The summed E-state index contributed by atoms with van der Waals surface area (Å²) in [5.41, 5.74) is 7.90. The normalized spacial score (nSPS) is 25.1. The standard InChI is InChI=1S/C55H65ClF2N8O6/c1-32-47-45(29-42(57)50(56)49(47)48-41(52(59)69)18-19-44(51(48)58)71-27-26-67)72-55(32,36-6-4-3-5-7-36)31-60-37-13-15-39(16-14-37)61-38-11-8-33(9-12-38)30-65-23-20-34(21-24-65)35-10-17-40-43(28-35)64(2)63-53(40)66-25-22-46(68)62-54(66)70/h3-7,10,17-19,28-29,32-34,37-39,60-61,67H,8-9,11-16,20-27,30-31H2,1-2H3,(H2,59,69)(H,62,68,70)/t32-,33?,37?,38?,39?,55-/m0/s1. The molecular weight excluding hydrogens is 942 g/mol. The molecule has 0 spiro atoms. The number of halogens is 3. The minimum atomic E-state index is -1.03. The maximum absolute atomic E-state index is 16.5. The number of imide groups is 1. The van der Waals surface area contributed by atoms with Crippen LogP contribution in [-0.4, -0.2) is 102 Å². The summed E-state index contributed by atoms with van der Waals surface area (Å²) >= 11 is 6.74. The summed E-state index contributed by atoms with van der Waals surface area (Å²) in [5.74, 6) is -1.69. The molecule has 10 rings (SSSR count). The van der Waals surface area contributed by atoms with E-state index >= 15 is 8.78 Å². The van der Waals surface area contributed by atoms with Crippen molar-refractivity contribution in [3.05, 3.63) is 106 Å². The number of rotatable bonds is 15. The van der Waals surface area contributed by atoms with Crippen molar-refractivity contribution in [3.8, 4) is 22.6 Å². The molecule has 2 atom stereocenters. The molecule has 4 fully saturated rings. The Balaban J connectivity index is 0.719. The Bertz CT molecular complexity index is 2830.